The Labute approximate surface area is 252 Å². The van der Waals surface area contributed by atoms with Crippen molar-refractivity contribution in [3.63, 3.8) is 0 Å². The number of para-hydroxylation sites is 2. The predicted molar refractivity (Wildman–Crippen MR) is 169 cm³/mol. The Bertz CT molecular complexity index is 1460. The van der Waals surface area contributed by atoms with Crippen LogP contribution in [0.5, 0.6) is 0 Å². The van der Waals surface area contributed by atoms with E-state index in [0.29, 0.717) is 33.9 Å². The molecule has 0 radical (unpaired) electrons. The van der Waals surface area contributed by atoms with Gasteiger partial charge in [-0.25, -0.2) is 13.4 Å². The van der Waals surface area contributed by atoms with Gasteiger partial charge in [-0.15, -0.1) is 0 Å². The average Bonchev–Trinajstić information content (AvgIpc) is 2.96. The summed E-state index contributed by atoms with van der Waals surface area (Å²) in [6.45, 7) is 7.52. The zero-order chi connectivity index (χ0) is 29.0. The maximum absolute atomic E-state index is 12.1. The van der Waals surface area contributed by atoms with E-state index < -0.39 is 10.0 Å². The lowest BCUT2D eigenvalue weighted by Gasteiger charge is -2.38. The van der Waals surface area contributed by atoms with Gasteiger partial charge in [-0.2, -0.15) is 4.98 Å². The summed E-state index contributed by atoms with van der Waals surface area (Å²) in [5, 5.41) is 10.6. The minimum absolute atomic E-state index is 0.285. The molecule has 0 spiro atoms. The first-order valence-corrected chi connectivity index (χ1v) is 16.3. The smallest absolute Gasteiger partial charge is 0.232 e. The number of hydrogen-bond acceptors (Lipinski definition) is 9. The van der Waals surface area contributed by atoms with Crippen LogP contribution in [-0.2, 0) is 10.0 Å². The van der Waals surface area contributed by atoms with Crippen molar-refractivity contribution in [2.24, 2.45) is 5.92 Å². The van der Waals surface area contributed by atoms with Crippen LogP contribution in [0, 0.1) is 5.92 Å². The molecule has 0 bridgehead atoms. The van der Waals surface area contributed by atoms with Crippen molar-refractivity contribution in [1.82, 2.24) is 20.2 Å². The molecule has 0 unspecified atom stereocenters. The summed E-state index contributed by atoms with van der Waals surface area (Å²) in [5.41, 5.74) is 2.76. The molecule has 2 saturated heterocycles. The maximum atomic E-state index is 12.1. The van der Waals surface area contributed by atoms with E-state index in [-0.39, 0.29) is 5.02 Å². The first-order chi connectivity index (χ1) is 19.7. The van der Waals surface area contributed by atoms with Gasteiger partial charge in [0, 0.05) is 45.5 Å². The highest BCUT2D eigenvalue weighted by Crippen LogP contribution is 2.33. The lowest BCUT2D eigenvalue weighted by Crippen LogP contribution is -2.48. The molecule has 0 saturated carbocycles. The molecule has 2 aliphatic rings. The van der Waals surface area contributed by atoms with E-state index in [2.05, 4.69) is 41.8 Å². The van der Waals surface area contributed by atoms with E-state index in [0.717, 1.165) is 57.1 Å². The largest absolute Gasteiger partial charge is 0.369 e. The number of benzene rings is 2. The Morgan fingerprint density at radius 1 is 1.00 bits per heavy atom. The molecular formula is C28H36Cl2N8O2S. The van der Waals surface area contributed by atoms with Crippen molar-refractivity contribution in [1.29, 1.82) is 0 Å². The third kappa shape index (κ3) is 7.52. The molecule has 3 aromatic rings. The number of piperazine rings is 1. The molecule has 0 aliphatic carbocycles. The van der Waals surface area contributed by atoms with E-state index in [9.17, 15) is 8.42 Å². The third-order valence-corrected chi connectivity index (χ3v) is 9.43. The lowest BCUT2D eigenvalue weighted by atomic mass is 9.97. The van der Waals surface area contributed by atoms with Crippen LogP contribution in [0.15, 0.2) is 48.7 Å². The fourth-order valence-corrected chi connectivity index (χ4v) is 6.09. The van der Waals surface area contributed by atoms with Crippen LogP contribution in [0.25, 0.3) is 0 Å². The van der Waals surface area contributed by atoms with E-state index >= 15 is 0 Å². The summed E-state index contributed by atoms with van der Waals surface area (Å²) in [5.74, 6) is 1.43. The minimum atomic E-state index is -3.46. The number of nitrogens with one attached hydrogen (secondary N) is 3. The molecule has 1 aromatic heterocycles. The number of rotatable bonds is 9. The number of sulfonamides is 1. The van der Waals surface area contributed by atoms with Gasteiger partial charge < -0.3 is 20.9 Å². The summed E-state index contributed by atoms with van der Waals surface area (Å²) < 4.78 is 25.4. The molecule has 2 fully saturated rings. The SMILES string of the molecule is CN(c1ccccc1Nc1nc(Nc2ccc(N3CCN(CC4CCNCC4)CC3)cc2Cl)ncc1Cl)S(C)(=O)=O. The summed E-state index contributed by atoms with van der Waals surface area (Å²) in [6, 6.07) is 13.0. The minimum Gasteiger partial charge on any atom is -0.369 e. The van der Waals surface area contributed by atoms with Crippen LogP contribution in [0.4, 0.5) is 34.5 Å². The van der Waals surface area contributed by atoms with Gasteiger partial charge in [-0.3, -0.25) is 9.21 Å². The van der Waals surface area contributed by atoms with E-state index in [1.54, 1.807) is 24.3 Å². The molecule has 2 aromatic carbocycles. The Morgan fingerprint density at radius 3 is 2.44 bits per heavy atom. The molecule has 3 N–H and O–H groups in total. The molecule has 0 amide bonds. The van der Waals surface area contributed by atoms with Crippen molar-refractivity contribution in [3.8, 4) is 0 Å². The van der Waals surface area contributed by atoms with Crippen molar-refractivity contribution >= 4 is 67.7 Å². The van der Waals surface area contributed by atoms with Crippen LogP contribution in [0.2, 0.25) is 10.0 Å². The monoisotopic (exact) mass is 618 g/mol. The van der Waals surface area contributed by atoms with E-state index in [1.807, 2.05) is 12.1 Å². The van der Waals surface area contributed by atoms with E-state index in [4.69, 9.17) is 23.2 Å². The Balaban J connectivity index is 1.24. The van der Waals surface area contributed by atoms with Crippen molar-refractivity contribution in [2.75, 3.05) is 79.0 Å². The molecule has 2 aliphatic heterocycles. The van der Waals surface area contributed by atoms with Crippen molar-refractivity contribution in [2.45, 2.75) is 12.8 Å². The number of aromatic nitrogens is 2. The highest BCUT2D eigenvalue weighted by Gasteiger charge is 2.22. The zero-order valence-corrected chi connectivity index (χ0v) is 25.6. The molecule has 10 nitrogen and oxygen atoms in total. The molecule has 41 heavy (non-hydrogen) atoms. The quantitative estimate of drug-likeness (QED) is 0.312. The average molecular weight is 620 g/mol. The van der Waals surface area contributed by atoms with Crippen LogP contribution in [0.3, 0.4) is 0 Å². The maximum Gasteiger partial charge on any atom is 0.232 e. The lowest BCUT2D eigenvalue weighted by molar-refractivity contribution is 0.196. The fraction of sp³-hybridized carbons (Fsp3) is 0.429. The normalized spacial score (nSPS) is 16.9. The van der Waals surface area contributed by atoms with Gasteiger partial charge in [-0.1, -0.05) is 35.3 Å². The first kappa shape index (κ1) is 29.7. The highest BCUT2D eigenvalue weighted by atomic mass is 35.5. The summed E-state index contributed by atoms with van der Waals surface area (Å²) in [4.78, 5) is 13.8. The van der Waals surface area contributed by atoms with Gasteiger partial charge in [-0.05, 0) is 62.2 Å². The van der Waals surface area contributed by atoms with Crippen LogP contribution in [-0.4, -0.2) is 82.4 Å². The van der Waals surface area contributed by atoms with Gasteiger partial charge in [0.05, 0.1) is 34.5 Å². The van der Waals surface area contributed by atoms with Crippen molar-refractivity contribution < 1.29 is 8.42 Å². The van der Waals surface area contributed by atoms with Gasteiger partial charge in [0.15, 0.2) is 5.82 Å². The fourth-order valence-electron chi connectivity index (χ4n) is 5.22. The standard InChI is InChI=1S/C28H36Cl2N8O2S/c1-36(41(2,39)40)26-6-4-3-5-25(26)33-27-23(30)18-32-28(35-27)34-24-8-7-21(17-22(24)29)38-15-13-37(14-16-38)19-20-9-11-31-12-10-20/h3-8,17-18,20,31H,9-16,19H2,1-2H3,(H2,32,33,34,35). The number of hydrogen-bond donors (Lipinski definition) is 3. The molecule has 13 heteroatoms. The van der Waals surface area contributed by atoms with Gasteiger partial charge >= 0.3 is 0 Å². The number of anilines is 6. The molecule has 0 atom stereocenters. The second-order valence-electron chi connectivity index (χ2n) is 10.5. The van der Waals surface area contributed by atoms with Gasteiger partial charge in [0.1, 0.15) is 5.02 Å². The highest BCUT2D eigenvalue weighted by molar-refractivity contribution is 7.92. The summed E-state index contributed by atoms with van der Waals surface area (Å²) >= 11 is 13.1. The van der Waals surface area contributed by atoms with E-state index in [1.165, 1.54) is 36.9 Å². The molecular weight excluding hydrogens is 583 g/mol. The molecule has 5 rings (SSSR count). The topological polar surface area (TPSA) is 106 Å². The number of nitrogens with zero attached hydrogens (tertiary/aromatic N) is 5. The Morgan fingerprint density at radius 2 is 1.73 bits per heavy atom. The summed E-state index contributed by atoms with van der Waals surface area (Å²) in [6.07, 6.45) is 5.17. The summed E-state index contributed by atoms with van der Waals surface area (Å²) in [7, 11) is -1.97. The Hall–Kier alpha value is -2.83. The van der Waals surface area contributed by atoms with Crippen LogP contribution >= 0.6 is 23.2 Å². The van der Waals surface area contributed by atoms with Gasteiger partial charge in [0.2, 0.25) is 16.0 Å². The van der Waals surface area contributed by atoms with Gasteiger partial charge in [0.25, 0.3) is 0 Å². The molecule has 220 valence electrons. The third-order valence-electron chi connectivity index (χ3n) is 7.65. The zero-order valence-electron chi connectivity index (χ0n) is 23.3. The second-order valence-corrected chi connectivity index (χ2v) is 13.4. The first-order valence-electron chi connectivity index (χ1n) is 13.7. The number of halogens is 2. The Kier molecular flexibility index (Phi) is 9.40. The number of piperidine rings is 1. The second kappa shape index (κ2) is 13.0. The molecule has 3 heterocycles. The van der Waals surface area contributed by atoms with Crippen LogP contribution < -0.4 is 25.2 Å². The van der Waals surface area contributed by atoms with Crippen LogP contribution in [0.1, 0.15) is 12.8 Å². The van der Waals surface area contributed by atoms with Crippen molar-refractivity contribution in [3.05, 3.63) is 58.7 Å². The predicted octanol–water partition coefficient (Wildman–Crippen LogP) is 4.79.